The van der Waals surface area contributed by atoms with Crippen LogP contribution in [-0.2, 0) is 4.79 Å². The Hall–Kier alpha value is -3.08. The van der Waals surface area contributed by atoms with Gasteiger partial charge in [-0.1, -0.05) is 29.8 Å². The molecule has 1 N–H and O–H groups in total. The molecule has 5 heteroatoms. The molecule has 1 unspecified atom stereocenters. The summed E-state index contributed by atoms with van der Waals surface area (Å²) < 4.78 is 0. The van der Waals surface area contributed by atoms with Crippen molar-refractivity contribution in [3.63, 3.8) is 0 Å². The molecular formula is C22H24N4O. The number of nitrogens with one attached hydrogen (secondary N) is 1. The number of nitrogens with zero attached hydrogens (tertiary/aromatic N) is 3. The van der Waals surface area contributed by atoms with E-state index in [1.54, 1.807) is 0 Å². The van der Waals surface area contributed by atoms with Crippen LogP contribution in [0.25, 0.3) is 17.0 Å². The van der Waals surface area contributed by atoms with Gasteiger partial charge >= 0.3 is 0 Å². The van der Waals surface area contributed by atoms with Gasteiger partial charge in [0.25, 0.3) is 0 Å². The SMILES string of the molecule is CC(C)=Cc1cccnc1N1CCN(c2cc3ccccc3[nH]2)C(C=O)C1. The number of benzene rings is 1. The second-order valence-corrected chi connectivity index (χ2v) is 7.22. The first-order chi connectivity index (χ1) is 13.2. The zero-order valence-corrected chi connectivity index (χ0v) is 15.7. The lowest BCUT2D eigenvalue weighted by molar-refractivity contribution is -0.109. The summed E-state index contributed by atoms with van der Waals surface area (Å²) in [7, 11) is 0. The van der Waals surface area contributed by atoms with Crippen molar-refractivity contribution >= 4 is 34.9 Å². The maximum Gasteiger partial charge on any atom is 0.144 e. The molecule has 0 radical (unpaired) electrons. The zero-order chi connectivity index (χ0) is 18.8. The van der Waals surface area contributed by atoms with Crippen molar-refractivity contribution in [1.82, 2.24) is 9.97 Å². The normalized spacial score (nSPS) is 17.2. The number of piperazine rings is 1. The van der Waals surface area contributed by atoms with Crippen molar-refractivity contribution < 1.29 is 4.79 Å². The van der Waals surface area contributed by atoms with E-state index in [2.05, 4.69) is 64.0 Å². The topological polar surface area (TPSA) is 52.2 Å². The minimum atomic E-state index is -0.214. The average Bonchev–Trinajstić information content (AvgIpc) is 3.11. The number of hydrogen-bond acceptors (Lipinski definition) is 4. The predicted octanol–water partition coefficient (Wildman–Crippen LogP) is 3.88. The zero-order valence-electron chi connectivity index (χ0n) is 15.7. The number of carbonyl (C=O) groups excluding carboxylic acids is 1. The first-order valence-corrected chi connectivity index (χ1v) is 9.30. The van der Waals surface area contributed by atoms with Gasteiger partial charge < -0.3 is 19.6 Å². The van der Waals surface area contributed by atoms with Gasteiger partial charge in [-0.05, 0) is 38.1 Å². The Labute approximate surface area is 159 Å². The van der Waals surface area contributed by atoms with Gasteiger partial charge in [-0.3, -0.25) is 0 Å². The average molecular weight is 360 g/mol. The standard InChI is InChI=1S/C22H24N4O/c1-16(2)12-18-7-5-9-23-22(18)25-10-11-26(19(14-25)15-27)21-13-17-6-3-4-8-20(17)24-21/h3-9,12-13,15,19,24H,10-11,14H2,1-2H3. The summed E-state index contributed by atoms with van der Waals surface area (Å²) in [5.74, 6) is 1.94. The van der Waals surface area contributed by atoms with Crippen LogP contribution in [0, 0.1) is 0 Å². The number of fused-ring (bicyclic) bond motifs is 1. The molecule has 0 saturated carbocycles. The summed E-state index contributed by atoms with van der Waals surface area (Å²) in [4.78, 5) is 24.3. The van der Waals surface area contributed by atoms with Gasteiger partial charge in [-0.25, -0.2) is 4.98 Å². The van der Waals surface area contributed by atoms with Crippen LogP contribution in [0.5, 0.6) is 0 Å². The van der Waals surface area contributed by atoms with Crippen LogP contribution in [-0.4, -0.2) is 41.9 Å². The lowest BCUT2D eigenvalue weighted by Crippen LogP contribution is -2.54. The van der Waals surface area contributed by atoms with E-state index in [1.165, 1.54) is 5.57 Å². The third-order valence-corrected chi connectivity index (χ3v) is 4.96. The number of anilines is 2. The monoisotopic (exact) mass is 360 g/mol. The minimum absolute atomic E-state index is 0.214. The summed E-state index contributed by atoms with van der Waals surface area (Å²) >= 11 is 0. The van der Waals surface area contributed by atoms with E-state index < -0.39 is 0 Å². The van der Waals surface area contributed by atoms with E-state index in [4.69, 9.17) is 0 Å². The molecule has 1 aliphatic rings. The summed E-state index contributed by atoms with van der Waals surface area (Å²) in [5.41, 5.74) is 3.42. The molecule has 1 saturated heterocycles. The Morgan fingerprint density at radius 1 is 1.19 bits per heavy atom. The first-order valence-electron chi connectivity index (χ1n) is 9.30. The molecule has 4 rings (SSSR count). The number of para-hydroxylation sites is 1. The van der Waals surface area contributed by atoms with Gasteiger partial charge in [-0.2, -0.15) is 0 Å². The number of hydrogen-bond donors (Lipinski definition) is 1. The number of aromatic nitrogens is 2. The Morgan fingerprint density at radius 2 is 2.04 bits per heavy atom. The summed E-state index contributed by atoms with van der Waals surface area (Å²) in [6.07, 6.45) is 5.00. The van der Waals surface area contributed by atoms with Gasteiger partial charge in [0.1, 0.15) is 24.0 Å². The highest BCUT2D eigenvalue weighted by atomic mass is 16.1. The van der Waals surface area contributed by atoms with E-state index in [-0.39, 0.29) is 6.04 Å². The van der Waals surface area contributed by atoms with E-state index in [9.17, 15) is 4.79 Å². The van der Waals surface area contributed by atoms with Crippen molar-refractivity contribution in [2.75, 3.05) is 29.4 Å². The number of pyridine rings is 1. The van der Waals surface area contributed by atoms with Crippen LogP contribution in [0.3, 0.4) is 0 Å². The largest absolute Gasteiger partial charge is 0.352 e. The van der Waals surface area contributed by atoms with Crippen LogP contribution in [0.4, 0.5) is 11.6 Å². The molecule has 2 aromatic heterocycles. The predicted molar refractivity (Wildman–Crippen MR) is 111 cm³/mol. The summed E-state index contributed by atoms with van der Waals surface area (Å²) in [5, 5.41) is 1.16. The molecule has 0 amide bonds. The second-order valence-electron chi connectivity index (χ2n) is 7.22. The fourth-order valence-corrected chi connectivity index (χ4v) is 3.73. The van der Waals surface area contributed by atoms with Crippen molar-refractivity contribution in [3.05, 3.63) is 59.8 Å². The van der Waals surface area contributed by atoms with E-state index in [1.807, 2.05) is 24.4 Å². The Bertz CT molecular complexity index is 954. The minimum Gasteiger partial charge on any atom is -0.352 e. The molecule has 1 aromatic carbocycles. The van der Waals surface area contributed by atoms with Gasteiger partial charge in [0.05, 0.1) is 0 Å². The molecule has 3 aromatic rings. The molecule has 5 nitrogen and oxygen atoms in total. The molecule has 138 valence electrons. The fourth-order valence-electron chi connectivity index (χ4n) is 3.73. The fraction of sp³-hybridized carbons (Fsp3) is 0.273. The van der Waals surface area contributed by atoms with E-state index >= 15 is 0 Å². The quantitative estimate of drug-likeness (QED) is 0.718. The number of H-pyrrole nitrogens is 1. The van der Waals surface area contributed by atoms with Crippen LogP contribution in [0.1, 0.15) is 19.4 Å². The molecule has 0 spiro atoms. The van der Waals surface area contributed by atoms with E-state index in [0.717, 1.165) is 47.5 Å². The van der Waals surface area contributed by atoms with Crippen LogP contribution >= 0.6 is 0 Å². The van der Waals surface area contributed by atoms with Gasteiger partial charge in [0.2, 0.25) is 0 Å². The number of carbonyl (C=O) groups is 1. The molecule has 1 fully saturated rings. The van der Waals surface area contributed by atoms with Crippen LogP contribution in [0.15, 0.2) is 54.2 Å². The van der Waals surface area contributed by atoms with Crippen molar-refractivity contribution in [2.24, 2.45) is 0 Å². The van der Waals surface area contributed by atoms with Gasteiger partial charge in [-0.15, -0.1) is 0 Å². The third kappa shape index (κ3) is 3.45. The Balaban J connectivity index is 1.61. The third-order valence-electron chi connectivity index (χ3n) is 4.96. The van der Waals surface area contributed by atoms with Crippen molar-refractivity contribution in [1.29, 1.82) is 0 Å². The molecule has 0 bridgehead atoms. The Kier molecular flexibility index (Phi) is 4.67. The van der Waals surface area contributed by atoms with Crippen molar-refractivity contribution in [3.8, 4) is 0 Å². The lowest BCUT2D eigenvalue weighted by Gasteiger charge is -2.40. The molecule has 27 heavy (non-hydrogen) atoms. The maximum atomic E-state index is 11.9. The molecule has 1 atom stereocenters. The number of allylic oxidation sites excluding steroid dienone is 1. The molecule has 0 aliphatic carbocycles. The van der Waals surface area contributed by atoms with Crippen LogP contribution in [0.2, 0.25) is 0 Å². The highest BCUT2D eigenvalue weighted by molar-refractivity contribution is 5.85. The molecule has 3 heterocycles. The second kappa shape index (κ2) is 7.27. The highest BCUT2D eigenvalue weighted by Crippen LogP contribution is 2.27. The summed E-state index contributed by atoms with van der Waals surface area (Å²) in [6.45, 7) is 6.37. The summed E-state index contributed by atoms with van der Waals surface area (Å²) in [6, 6.07) is 14.1. The molecule has 1 aliphatic heterocycles. The first kappa shape index (κ1) is 17.3. The number of aromatic amines is 1. The lowest BCUT2D eigenvalue weighted by atomic mass is 10.1. The van der Waals surface area contributed by atoms with Crippen molar-refractivity contribution in [2.45, 2.75) is 19.9 Å². The molecular weight excluding hydrogens is 336 g/mol. The van der Waals surface area contributed by atoms with Crippen LogP contribution < -0.4 is 9.80 Å². The van der Waals surface area contributed by atoms with Gasteiger partial charge in [0.15, 0.2) is 0 Å². The van der Waals surface area contributed by atoms with E-state index in [0.29, 0.717) is 6.54 Å². The smallest absolute Gasteiger partial charge is 0.144 e. The Morgan fingerprint density at radius 3 is 2.81 bits per heavy atom. The number of aldehydes is 1. The highest BCUT2D eigenvalue weighted by Gasteiger charge is 2.29. The number of rotatable bonds is 4. The maximum absolute atomic E-state index is 11.9. The van der Waals surface area contributed by atoms with Gasteiger partial charge in [0, 0.05) is 42.3 Å².